The molecule has 1 aromatic rings. The Morgan fingerprint density at radius 1 is 1.53 bits per heavy atom. The van der Waals surface area contributed by atoms with Crippen LogP contribution in [0.5, 0.6) is 0 Å². The zero-order chi connectivity index (χ0) is 12.3. The lowest BCUT2D eigenvalue weighted by molar-refractivity contribution is 0.0685. The third kappa shape index (κ3) is 3.04. The fourth-order valence-electron chi connectivity index (χ4n) is 2.06. The van der Waals surface area contributed by atoms with Gasteiger partial charge in [-0.3, -0.25) is 4.79 Å². The molecule has 1 saturated heterocycles. The second kappa shape index (κ2) is 5.60. The third-order valence-electron chi connectivity index (χ3n) is 3.13. The number of aldehydes is 1. The number of ether oxygens (including phenoxy) is 1. The van der Waals surface area contributed by atoms with E-state index in [2.05, 4.69) is 9.88 Å². The lowest BCUT2D eigenvalue weighted by atomic mass is 10.0. The van der Waals surface area contributed by atoms with Gasteiger partial charge < -0.3 is 9.64 Å². The van der Waals surface area contributed by atoms with Gasteiger partial charge in [-0.15, -0.1) is 0 Å². The van der Waals surface area contributed by atoms with Crippen molar-refractivity contribution in [3.05, 3.63) is 10.6 Å². The minimum Gasteiger partial charge on any atom is -0.381 e. The summed E-state index contributed by atoms with van der Waals surface area (Å²) in [6, 6.07) is 0. The minimum atomic E-state index is 0.678. The lowest BCUT2D eigenvalue weighted by Gasteiger charge is -2.26. The van der Waals surface area contributed by atoms with Gasteiger partial charge in [0.05, 0.1) is 10.6 Å². The van der Waals surface area contributed by atoms with E-state index < -0.39 is 0 Å². The van der Waals surface area contributed by atoms with E-state index in [0.29, 0.717) is 5.92 Å². The van der Waals surface area contributed by atoms with Crippen LogP contribution >= 0.6 is 11.3 Å². The summed E-state index contributed by atoms with van der Waals surface area (Å²) in [7, 11) is 2.04. The molecule has 2 rings (SSSR count). The van der Waals surface area contributed by atoms with E-state index in [-0.39, 0.29) is 0 Å². The molecular weight excluding hydrogens is 236 g/mol. The molecule has 1 aromatic heterocycles. The van der Waals surface area contributed by atoms with Gasteiger partial charge in [0.15, 0.2) is 11.4 Å². The molecule has 0 N–H and O–H groups in total. The molecule has 17 heavy (non-hydrogen) atoms. The van der Waals surface area contributed by atoms with Gasteiger partial charge in [-0.05, 0) is 25.7 Å². The molecule has 0 amide bonds. The molecule has 0 bridgehead atoms. The molecule has 94 valence electrons. The molecule has 1 fully saturated rings. The van der Waals surface area contributed by atoms with Crippen LogP contribution in [0.1, 0.15) is 28.2 Å². The van der Waals surface area contributed by atoms with Crippen LogP contribution < -0.4 is 4.90 Å². The van der Waals surface area contributed by atoms with Crippen LogP contribution in [-0.2, 0) is 4.74 Å². The fourth-order valence-corrected chi connectivity index (χ4v) is 2.91. The lowest BCUT2D eigenvalue weighted by Crippen LogP contribution is -2.29. The highest BCUT2D eigenvalue weighted by atomic mass is 32.1. The number of anilines is 1. The van der Waals surface area contributed by atoms with Crippen LogP contribution in [0.2, 0.25) is 0 Å². The van der Waals surface area contributed by atoms with Crippen LogP contribution in [0.4, 0.5) is 5.13 Å². The first-order chi connectivity index (χ1) is 8.20. The van der Waals surface area contributed by atoms with Crippen molar-refractivity contribution >= 4 is 22.8 Å². The van der Waals surface area contributed by atoms with Gasteiger partial charge in [0.2, 0.25) is 0 Å². The summed E-state index contributed by atoms with van der Waals surface area (Å²) in [5.41, 5.74) is 0.832. The molecular formula is C12H18N2O2S. The first kappa shape index (κ1) is 12.5. The van der Waals surface area contributed by atoms with Crippen molar-refractivity contribution in [1.29, 1.82) is 0 Å². The number of carbonyl (C=O) groups is 1. The van der Waals surface area contributed by atoms with Crippen molar-refractivity contribution in [2.45, 2.75) is 19.8 Å². The quantitative estimate of drug-likeness (QED) is 0.772. The van der Waals surface area contributed by atoms with Gasteiger partial charge in [-0.25, -0.2) is 4.98 Å². The van der Waals surface area contributed by atoms with Gasteiger partial charge >= 0.3 is 0 Å². The number of hydrogen-bond donors (Lipinski definition) is 0. The second-order valence-corrected chi connectivity index (χ2v) is 5.51. The number of aryl methyl sites for hydroxylation is 1. The predicted octanol–water partition coefficient (Wildman–Crippen LogP) is 2.13. The number of hydrogen-bond acceptors (Lipinski definition) is 5. The largest absolute Gasteiger partial charge is 0.381 e. The molecule has 0 radical (unpaired) electrons. The van der Waals surface area contributed by atoms with E-state index >= 15 is 0 Å². The molecule has 0 atom stereocenters. The summed E-state index contributed by atoms with van der Waals surface area (Å²) in [4.78, 5) is 18.1. The smallest absolute Gasteiger partial charge is 0.185 e. The van der Waals surface area contributed by atoms with Crippen LogP contribution in [0.15, 0.2) is 0 Å². The van der Waals surface area contributed by atoms with Gasteiger partial charge in [0, 0.05) is 26.8 Å². The monoisotopic (exact) mass is 254 g/mol. The number of rotatable bonds is 4. The van der Waals surface area contributed by atoms with E-state index in [1.165, 1.54) is 11.3 Å². The van der Waals surface area contributed by atoms with Crippen molar-refractivity contribution < 1.29 is 9.53 Å². The Hall–Kier alpha value is -0.940. The standard InChI is InChI=1S/C12H18N2O2S/c1-9-11(8-15)17-12(13-9)14(2)7-10-3-5-16-6-4-10/h8,10H,3-7H2,1-2H3. The summed E-state index contributed by atoms with van der Waals surface area (Å²) in [5, 5.41) is 0.941. The van der Waals surface area contributed by atoms with Crippen molar-refractivity contribution in [3.63, 3.8) is 0 Å². The van der Waals surface area contributed by atoms with Crippen LogP contribution in [0.25, 0.3) is 0 Å². The topological polar surface area (TPSA) is 42.4 Å². The second-order valence-electron chi connectivity index (χ2n) is 4.50. The summed E-state index contributed by atoms with van der Waals surface area (Å²) in [6.07, 6.45) is 3.13. The van der Waals surface area contributed by atoms with Crippen molar-refractivity contribution in [2.24, 2.45) is 5.92 Å². The maximum atomic E-state index is 10.8. The Kier molecular flexibility index (Phi) is 4.12. The fraction of sp³-hybridized carbons (Fsp3) is 0.667. The van der Waals surface area contributed by atoms with E-state index in [0.717, 1.165) is 54.6 Å². The molecule has 5 heteroatoms. The van der Waals surface area contributed by atoms with Crippen molar-refractivity contribution in [3.8, 4) is 0 Å². The average molecular weight is 254 g/mol. The number of aromatic nitrogens is 1. The molecule has 0 aromatic carbocycles. The number of nitrogens with zero attached hydrogens (tertiary/aromatic N) is 2. The SMILES string of the molecule is Cc1nc(N(C)CC2CCOCC2)sc1C=O. The zero-order valence-electron chi connectivity index (χ0n) is 10.3. The molecule has 0 saturated carbocycles. The van der Waals surface area contributed by atoms with E-state index in [1.54, 1.807) is 0 Å². The van der Waals surface area contributed by atoms with Crippen molar-refractivity contribution in [1.82, 2.24) is 4.98 Å². The van der Waals surface area contributed by atoms with E-state index in [9.17, 15) is 4.79 Å². The Morgan fingerprint density at radius 2 is 2.24 bits per heavy atom. The summed E-state index contributed by atoms with van der Waals surface area (Å²) < 4.78 is 5.35. The number of carbonyl (C=O) groups excluding carboxylic acids is 1. The molecule has 0 aliphatic carbocycles. The Morgan fingerprint density at radius 3 is 2.82 bits per heavy atom. The zero-order valence-corrected chi connectivity index (χ0v) is 11.1. The van der Waals surface area contributed by atoms with Crippen LogP contribution in [0.3, 0.4) is 0 Å². The third-order valence-corrected chi connectivity index (χ3v) is 4.32. The normalized spacial score (nSPS) is 17.1. The first-order valence-electron chi connectivity index (χ1n) is 5.92. The molecule has 0 spiro atoms. The average Bonchev–Trinajstić information content (AvgIpc) is 2.72. The van der Waals surface area contributed by atoms with Crippen LogP contribution in [-0.4, -0.2) is 38.1 Å². The van der Waals surface area contributed by atoms with Gasteiger partial charge in [-0.2, -0.15) is 0 Å². The highest BCUT2D eigenvalue weighted by Crippen LogP contribution is 2.26. The molecule has 1 aliphatic heterocycles. The van der Waals surface area contributed by atoms with Gasteiger partial charge in [-0.1, -0.05) is 11.3 Å². The highest BCUT2D eigenvalue weighted by molar-refractivity contribution is 7.17. The van der Waals surface area contributed by atoms with Crippen LogP contribution in [0, 0.1) is 12.8 Å². The van der Waals surface area contributed by atoms with Crippen molar-refractivity contribution in [2.75, 3.05) is 31.7 Å². The summed E-state index contributed by atoms with van der Waals surface area (Å²) >= 11 is 1.47. The van der Waals surface area contributed by atoms with E-state index in [4.69, 9.17) is 4.74 Å². The summed E-state index contributed by atoms with van der Waals surface area (Å²) in [5.74, 6) is 0.678. The first-order valence-corrected chi connectivity index (χ1v) is 6.74. The predicted molar refractivity (Wildman–Crippen MR) is 69.1 cm³/mol. The van der Waals surface area contributed by atoms with Gasteiger partial charge in [0.1, 0.15) is 0 Å². The Balaban J connectivity index is 1.98. The molecule has 2 heterocycles. The number of thiazole rings is 1. The molecule has 0 unspecified atom stereocenters. The Bertz CT molecular complexity index is 386. The maximum Gasteiger partial charge on any atom is 0.185 e. The highest BCUT2D eigenvalue weighted by Gasteiger charge is 2.18. The molecule has 1 aliphatic rings. The van der Waals surface area contributed by atoms with Gasteiger partial charge in [0.25, 0.3) is 0 Å². The maximum absolute atomic E-state index is 10.8. The van der Waals surface area contributed by atoms with E-state index in [1.807, 2.05) is 14.0 Å². The summed E-state index contributed by atoms with van der Waals surface area (Å²) in [6.45, 7) is 4.62. The molecule has 4 nitrogen and oxygen atoms in total. The minimum absolute atomic E-state index is 0.678. The Labute approximate surface area is 106 Å².